The number of nitrogens with one attached hydrogen (secondary N) is 1. The number of rotatable bonds is 5. The van der Waals surface area contributed by atoms with Crippen molar-refractivity contribution in [3.8, 4) is 0 Å². The second kappa shape index (κ2) is 7.75. The van der Waals surface area contributed by atoms with Crippen molar-refractivity contribution in [2.75, 3.05) is 11.9 Å². The predicted molar refractivity (Wildman–Crippen MR) is 89.8 cm³/mol. The number of likely N-dealkylation sites (tertiary alicyclic amines) is 1. The molecule has 1 aromatic carbocycles. The Hall–Kier alpha value is -1.39. The van der Waals surface area contributed by atoms with Gasteiger partial charge in [-0.2, -0.15) is 0 Å². The van der Waals surface area contributed by atoms with Crippen molar-refractivity contribution in [1.29, 1.82) is 0 Å². The molecule has 22 heavy (non-hydrogen) atoms. The quantitative estimate of drug-likeness (QED) is 0.877. The fourth-order valence-electron chi connectivity index (χ4n) is 3.18. The number of hydrogen-bond donors (Lipinski definition) is 2. The second-order valence-corrected chi connectivity index (χ2v) is 6.37. The summed E-state index contributed by atoms with van der Waals surface area (Å²) in [5.74, 6) is 0.00395. The molecule has 3 unspecified atom stereocenters. The maximum Gasteiger partial charge on any atom is 0.224 e. The normalized spacial score (nSPS) is 24.0. The van der Waals surface area contributed by atoms with E-state index in [2.05, 4.69) is 24.1 Å². The Balaban J connectivity index is 1.97. The highest BCUT2D eigenvalue weighted by Gasteiger charge is 2.26. The van der Waals surface area contributed by atoms with Gasteiger partial charge in [-0.05, 0) is 44.4 Å². The molecule has 0 bridgehead atoms. The SMILES string of the molecule is CCC(=O)Nc1ccc(C(O)CN2C(C)CCCC2C)cc1. The molecule has 0 radical (unpaired) electrons. The summed E-state index contributed by atoms with van der Waals surface area (Å²) in [6, 6.07) is 8.57. The lowest BCUT2D eigenvalue weighted by Gasteiger charge is -2.40. The van der Waals surface area contributed by atoms with E-state index in [1.165, 1.54) is 19.3 Å². The third-order valence-corrected chi connectivity index (χ3v) is 4.66. The lowest BCUT2D eigenvalue weighted by molar-refractivity contribution is -0.115. The number of carbonyl (C=O) groups excluding carboxylic acids is 1. The first-order chi connectivity index (χ1) is 10.5. The molecule has 1 fully saturated rings. The number of carbonyl (C=O) groups is 1. The molecule has 2 N–H and O–H groups in total. The minimum absolute atomic E-state index is 0.00395. The van der Waals surface area contributed by atoms with Gasteiger partial charge in [-0.3, -0.25) is 9.69 Å². The minimum atomic E-state index is -0.487. The number of aliphatic hydroxyl groups is 1. The smallest absolute Gasteiger partial charge is 0.224 e. The van der Waals surface area contributed by atoms with E-state index in [1.807, 2.05) is 31.2 Å². The molecule has 1 aromatic rings. The van der Waals surface area contributed by atoms with Crippen LogP contribution >= 0.6 is 0 Å². The van der Waals surface area contributed by atoms with E-state index in [9.17, 15) is 9.90 Å². The second-order valence-electron chi connectivity index (χ2n) is 6.37. The molecule has 1 heterocycles. The Bertz CT molecular complexity index is 476. The first-order valence-corrected chi connectivity index (χ1v) is 8.35. The number of nitrogens with zero attached hydrogens (tertiary/aromatic N) is 1. The van der Waals surface area contributed by atoms with Crippen LogP contribution in [0.3, 0.4) is 0 Å². The van der Waals surface area contributed by atoms with Crippen molar-refractivity contribution in [2.24, 2.45) is 0 Å². The molecule has 1 aliphatic heterocycles. The molecular formula is C18H28N2O2. The van der Waals surface area contributed by atoms with Gasteiger partial charge in [-0.1, -0.05) is 25.5 Å². The number of anilines is 1. The number of piperidine rings is 1. The Kier molecular flexibility index (Phi) is 5.98. The van der Waals surface area contributed by atoms with Crippen LogP contribution in [0.1, 0.15) is 58.1 Å². The van der Waals surface area contributed by atoms with E-state index in [4.69, 9.17) is 0 Å². The lowest BCUT2D eigenvalue weighted by atomic mass is 9.96. The van der Waals surface area contributed by atoms with E-state index in [0.717, 1.165) is 11.3 Å². The van der Waals surface area contributed by atoms with Crippen LogP contribution in [0.15, 0.2) is 24.3 Å². The largest absolute Gasteiger partial charge is 0.387 e. The Labute approximate surface area is 133 Å². The Morgan fingerprint density at radius 3 is 2.41 bits per heavy atom. The van der Waals surface area contributed by atoms with Crippen LogP contribution in [0.25, 0.3) is 0 Å². The van der Waals surface area contributed by atoms with Crippen LogP contribution in [0, 0.1) is 0 Å². The van der Waals surface area contributed by atoms with Crippen molar-refractivity contribution in [1.82, 2.24) is 4.90 Å². The fraction of sp³-hybridized carbons (Fsp3) is 0.611. The van der Waals surface area contributed by atoms with Gasteiger partial charge in [0.05, 0.1) is 6.10 Å². The lowest BCUT2D eigenvalue weighted by Crippen LogP contribution is -2.45. The summed E-state index contributed by atoms with van der Waals surface area (Å²) in [4.78, 5) is 13.8. The van der Waals surface area contributed by atoms with Crippen molar-refractivity contribution < 1.29 is 9.90 Å². The summed E-state index contributed by atoms with van der Waals surface area (Å²) in [6.45, 7) is 6.98. The highest BCUT2D eigenvalue weighted by Crippen LogP contribution is 2.26. The molecule has 4 heteroatoms. The maximum absolute atomic E-state index is 11.4. The van der Waals surface area contributed by atoms with E-state index in [-0.39, 0.29) is 5.91 Å². The molecule has 0 saturated carbocycles. The highest BCUT2D eigenvalue weighted by molar-refractivity contribution is 5.90. The average Bonchev–Trinajstić information content (AvgIpc) is 2.51. The third kappa shape index (κ3) is 4.31. The number of amides is 1. The number of β-amino-alcohol motifs (C(OH)–C–C–N with tert-alkyl or cyclic N) is 1. The van der Waals surface area contributed by atoms with Crippen LogP contribution in [0.5, 0.6) is 0 Å². The van der Waals surface area contributed by atoms with Crippen molar-refractivity contribution in [3.63, 3.8) is 0 Å². The minimum Gasteiger partial charge on any atom is -0.387 e. The van der Waals surface area contributed by atoms with Crippen LogP contribution in [-0.2, 0) is 4.79 Å². The zero-order chi connectivity index (χ0) is 16.1. The molecule has 0 aliphatic carbocycles. The summed E-state index contributed by atoms with van der Waals surface area (Å²) in [6.07, 6.45) is 3.67. The molecule has 1 amide bonds. The fourth-order valence-corrected chi connectivity index (χ4v) is 3.18. The van der Waals surface area contributed by atoms with Gasteiger partial charge in [0, 0.05) is 30.7 Å². The Morgan fingerprint density at radius 2 is 1.86 bits per heavy atom. The summed E-state index contributed by atoms with van der Waals surface area (Å²) >= 11 is 0. The van der Waals surface area contributed by atoms with Gasteiger partial charge in [0.1, 0.15) is 0 Å². The first-order valence-electron chi connectivity index (χ1n) is 8.35. The average molecular weight is 304 g/mol. The molecule has 3 atom stereocenters. The third-order valence-electron chi connectivity index (χ3n) is 4.66. The van der Waals surface area contributed by atoms with Gasteiger partial charge in [-0.25, -0.2) is 0 Å². The number of hydrogen-bond acceptors (Lipinski definition) is 3. The monoisotopic (exact) mass is 304 g/mol. The molecule has 0 spiro atoms. The van der Waals surface area contributed by atoms with Crippen LogP contribution in [0.2, 0.25) is 0 Å². The molecule has 4 nitrogen and oxygen atoms in total. The van der Waals surface area contributed by atoms with E-state index >= 15 is 0 Å². The molecule has 1 saturated heterocycles. The topological polar surface area (TPSA) is 52.6 Å². The predicted octanol–water partition coefficient (Wildman–Crippen LogP) is 3.33. The van der Waals surface area contributed by atoms with Gasteiger partial charge < -0.3 is 10.4 Å². The van der Waals surface area contributed by atoms with Crippen LogP contribution in [0.4, 0.5) is 5.69 Å². The summed E-state index contributed by atoms with van der Waals surface area (Å²) < 4.78 is 0. The van der Waals surface area contributed by atoms with E-state index in [1.54, 1.807) is 0 Å². The van der Waals surface area contributed by atoms with E-state index in [0.29, 0.717) is 25.0 Å². The van der Waals surface area contributed by atoms with Crippen molar-refractivity contribution >= 4 is 11.6 Å². The molecule has 0 aromatic heterocycles. The molecule has 1 aliphatic rings. The van der Waals surface area contributed by atoms with Gasteiger partial charge in [0.15, 0.2) is 0 Å². The van der Waals surface area contributed by atoms with E-state index < -0.39 is 6.10 Å². The van der Waals surface area contributed by atoms with Gasteiger partial charge in [0.25, 0.3) is 0 Å². The van der Waals surface area contributed by atoms with Gasteiger partial charge in [0.2, 0.25) is 5.91 Å². The number of benzene rings is 1. The highest BCUT2D eigenvalue weighted by atomic mass is 16.3. The first kappa shape index (κ1) is 17.0. The molecule has 122 valence electrons. The standard InChI is InChI=1S/C18H28N2O2/c1-4-18(22)19-16-10-8-15(9-11-16)17(21)12-20-13(2)6-5-7-14(20)3/h8-11,13-14,17,21H,4-7,12H2,1-3H3,(H,19,22). The molecular weight excluding hydrogens is 276 g/mol. The molecule has 2 rings (SSSR count). The summed E-state index contributed by atoms with van der Waals surface area (Å²) in [7, 11) is 0. The summed E-state index contributed by atoms with van der Waals surface area (Å²) in [5.41, 5.74) is 1.68. The van der Waals surface area contributed by atoms with Crippen molar-refractivity contribution in [3.05, 3.63) is 29.8 Å². The van der Waals surface area contributed by atoms with Gasteiger partial charge >= 0.3 is 0 Å². The summed E-state index contributed by atoms with van der Waals surface area (Å²) in [5, 5.41) is 13.3. The zero-order valence-electron chi connectivity index (χ0n) is 13.9. The van der Waals surface area contributed by atoms with Crippen molar-refractivity contribution in [2.45, 2.75) is 64.6 Å². The zero-order valence-corrected chi connectivity index (χ0v) is 13.9. The number of aliphatic hydroxyl groups excluding tert-OH is 1. The Morgan fingerprint density at radius 1 is 1.27 bits per heavy atom. The maximum atomic E-state index is 11.4. The van der Waals surface area contributed by atoms with Crippen LogP contribution in [-0.4, -0.2) is 34.5 Å². The van der Waals surface area contributed by atoms with Gasteiger partial charge in [-0.15, -0.1) is 0 Å². The van der Waals surface area contributed by atoms with Crippen LogP contribution < -0.4 is 5.32 Å².